The van der Waals surface area contributed by atoms with Gasteiger partial charge in [-0.05, 0) is 55.7 Å². The first-order chi connectivity index (χ1) is 12.2. The quantitative estimate of drug-likeness (QED) is 0.641. The monoisotopic (exact) mass is 385 g/mol. The van der Waals surface area contributed by atoms with Crippen LogP contribution in [0.1, 0.15) is 29.5 Å². The van der Waals surface area contributed by atoms with E-state index in [1.54, 1.807) is 0 Å². The second kappa shape index (κ2) is 8.45. The predicted octanol–water partition coefficient (Wildman–Crippen LogP) is 5.77. The standard InChI is InChI=1S/C19H19ClF3NO2/c1-12-5-6-13(2)17(10-12)26-9-3-4-18(25)24-14-7-8-16(20)15(11-14)19(21,22)23/h5-8,10-11H,3-4,9H2,1-2H3,(H,24,25). The summed E-state index contributed by atoms with van der Waals surface area (Å²) in [5.41, 5.74) is 1.16. The summed E-state index contributed by atoms with van der Waals surface area (Å²) < 4.78 is 44.1. The van der Waals surface area contributed by atoms with Crippen molar-refractivity contribution in [3.05, 3.63) is 58.1 Å². The van der Waals surface area contributed by atoms with Crippen molar-refractivity contribution < 1.29 is 22.7 Å². The number of carbonyl (C=O) groups excluding carboxylic acids is 1. The number of anilines is 1. The highest BCUT2D eigenvalue weighted by Crippen LogP contribution is 2.36. The second-order valence-electron chi connectivity index (χ2n) is 5.96. The zero-order chi connectivity index (χ0) is 19.3. The maximum Gasteiger partial charge on any atom is 0.417 e. The van der Waals surface area contributed by atoms with Gasteiger partial charge in [0, 0.05) is 12.1 Å². The zero-order valence-corrected chi connectivity index (χ0v) is 15.2. The Bertz CT molecular complexity index is 791. The van der Waals surface area contributed by atoms with Gasteiger partial charge in [0.1, 0.15) is 5.75 Å². The number of hydrogen-bond donors (Lipinski definition) is 1. The van der Waals surface area contributed by atoms with Crippen molar-refractivity contribution in [1.29, 1.82) is 0 Å². The van der Waals surface area contributed by atoms with Gasteiger partial charge < -0.3 is 10.1 Å². The van der Waals surface area contributed by atoms with Gasteiger partial charge in [-0.1, -0.05) is 23.7 Å². The van der Waals surface area contributed by atoms with Crippen molar-refractivity contribution in [2.24, 2.45) is 0 Å². The van der Waals surface area contributed by atoms with Gasteiger partial charge in [0.05, 0.1) is 17.2 Å². The highest BCUT2D eigenvalue weighted by atomic mass is 35.5. The Morgan fingerprint density at radius 2 is 1.88 bits per heavy atom. The molecule has 140 valence electrons. The highest BCUT2D eigenvalue weighted by Gasteiger charge is 2.33. The lowest BCUT2D eigenvalue weighted by molar-refractivity contribution is -0.137. The minimum absolute atomic E-state index is 0.0576. The van der Waals surface area contributed by atoms with Crippen LogP contribution in [-0.2, 0) is 11.0 Å². The Morgan fingerprint density at radius 3 is 2.58 bits per heavy atom. The van der Waals surface area contributed by atoms with Crippen molar-refractivity contribution in [1.82, 2.24) is 0 Å². The van der Waals surface area contributed by atoms with Crippen LogP contribution in [0.4, 0.5) is 18.9 Å². The van der Waals surface area contributed by atoms with Gasteiger partial charge in [-0.2, -0.15) is 13.2 Å². The molecule has 0 aliphatic rings. The van der Waals surface area contributed by atoms with Gasteiger partial charge >= 0.3 is 6.18 Å². The molecule has 2 aromatic carbocycles. The molecule has 0 aliphatic heterocycles. The van der Waals surface area contributed by atoms with E-state index in [1.165, 1.54) is 6.07 Å². The van der Waals surface area contributed by atoms with Crippen LogP contribution in [0, 0.1) is 13.8 Å². The van der Waals surface area contributed by atoms with Crippen molar-refractivity contribution in [3.8, 4) is 5.75 Å². The summed E-state index contributed by atoms with van der Waals surface area (Å²) in [6.07, 6.45) is -3.99. The van der Waals surface area contributed by atoms with E-state index in [2.05, 4.69) is 5.32 Å². The average molecular weight is 386 g/mol. The number of nitrogens with one attached hydrogen (secondary N) is 1. The molecule has 7 heteroatoms. The third-order valence-electron chi connectivity index (χ3n) is 3.70. The van der Waals surface area contributed by atoms with E-state index in [1.807, 2.05) is 32.0 Å². The van der Waals surface area contributed by atoms with Crippen molar-refractivity contribution >= 4 is 23.2 Å². The Labute approximate surface area is 155 Å². The van der Waals surface area contributed by atoms with Crippen LogP contribution in [-0.4, -0.2) is 12.5 Å². The largest absolute Gasteiger partial charge is 0.493 e. The van der Waals surface area contributed by atoms with Gasteiger partial charge in [-0.15, -0.1) is 0 Å². The molecule has 2 aromatic rings. The third kappa shape index (κ3) is 5.66. The van der Waals surface area contributed by atoms with Gasteiger partial charge in [0.15, 0.2) is 0 Å². The molecule has 0 aliphatic carbocycles. The van der Waals surface area contributed by atoms with Crippen LogP contribution in [0.2, 0.25) is 5.02 Å². The van der Waals surface area contributed by atoms with Crippen molar-refractivity contribution in [3.63, 3.8) is 0 Å². The van der Waals surface area contributed by atoms with E-state index < -0.39 is 16.8 Å². The fraction of sp³-hybridized carbons (Fsp3) is 0.316. The maximum atomic E-state index is 12.8. The summed E-state index contributed by atoms with van der Waals surface area (Å²) in [5.74, 6) is 0.378. The minimum Gasteiger partial charge on any atom is -0.493 e. The normalized spacial score (nSPS) is 11.3. The predicted molar refractivity (Wildman–Crippen MR) is 95.7 cm³/mol. The Hall–Kier alpha value is -2.21. The lowest BCUT2D eigenvalue weighted by Crippen LogP contribution is -2.14. The maximum absolute atomic E-state index is 12.8. The molecule has 2 rings (SSSR count). The number of benzene rings is 2. The number of amides is 1. The number of halogens is 4. The Morgan fingerprint density at radius 1 is 1.15 bits per heavy atom. The first kappa shape index (κ1) is 20.1. The van der Waals surface area contributed by atoms with Crippen molar-refractivity contribution in [2.75, 3.05) is 11.9 Å². The number of hydrogen-bond acceptors (Lipinski definition) is 2. The highest BCUT2D eigenvalue weighted by molar-refractivity contribution is 6.31. The van der Waals surface area contributed by atoms with Crippen LogP contribution in [0.5, 0.6) is 5.75 Å². The SMILES string of the molecule is Cc1ccc(C)c(OCCCC(=O)Nc2ccc(Cl)c(C(F)(F)F)c2)c1. The Kier molecular flexibility index (Phi) is 6.53. The molecular formula is C19H19ClF3NO2. The van der Waals surface area contributed by atoms with Crippen LogP contribution in [0.3, 0.4) is 0 Å². The summed E-state index contributed by atoms with van der Waals surface area (Å²) in [6.45, 7) is 4.23. The van der Waals surface area contributed by atoms with Gasteiger partial charge in [0.2, 0.25) is 5.91 Å². The summed E-state index contributed by atoms with van der Waals surface area (Å²) in [7, 11) is 0. The van der Waals surface area contributed by atoms with Gasteiger partial charge in [0.25, 0.3) is 0 Å². The van der Waals surface area contributed by atoms with Gasteiger partial charge in [-0.3, -0.25) is 4.79 Å². The minimum atomic E-state index is -4.57. The molecule has 0 saturated heterocycles. The lowest BCUT2D eigenvalue weighted by Gasteiger charge is -2.12. The summed E-state index contributed by atoms with van der Waals surface area (Å²) >= 11 is 5.55. The van der Waals surface area contributed by atoms with Crippen LogP contribution < -0.4 is 10.1 Å². The molecule has 1 amide bonds. The molecular weight excluding hydrogens is 367 g/mol. The fourth-order valence-corrected chi connectivity index (χ4v) is 2.55. The van der Waals surface area contributed by atoms with E-state index in [0.29, 0.717) is 13.0 Å². The number of carbonyl (C=O) groups is 1. The smallest absolute Gasteiger partial charge is 0.417 e. The number of rotatable bonds is 6. The molecule has 0 unspecified atom stereocenters. The summed E-state index contributed by atoms with van der Waals surface area (Å²) in [4.78, 5) is 11.9. The molecule has 0 saturated carbocycles. The van der Waals surface area contributed by atoms with Crippen LogP contribution in [0.25, 0.3) is 0 Å². The molecule has 0 atom stereocenters. The van der Waals surface area contributed by atoms with E-state index in [-0.39, 0.29) is 18.0 Å². The fourth-order valence-electron chi connectivity index (χ4n) is 2.32. The van der Waals surface area contributed by atoms with E-state index in [0.717, 1.165) is 29.0 Å². The number of ether oxygens (including phenoxy) is 1. The molecule has 0 fully saturated rings. The van der Waals surface area contributed by atoms with Crippen LogP contribution >= 0.6 is 11.6 Å². The summed E-state index contributed by atoms with van der Waals surface area (Å²) in [5, 5.41) is 2.04. The molecule has 0 bridgehead atoms. The second-order valence-corrected chi connectivity index (χ2v) is 6.37. The molecule has 0 radical (unpaired) electrons. The van der Waals surface area contributed by atoms with Crippen LogP contribution in [0.15, 0.2) is 36.4 Å². The van der Waals surface area contributed by atoms with E-state index >= 15 is 0 Å². The molecule has 3 nitrogen and oxygen atoms in total. The molecule has 0 aromatic heterocycles. The molecule has 0 heterocycles. The summed E-state index contributed by atoms with van der Waals surface area (Å²) in [6, 6.07) is 9.13. The zero-order valence-electron chi connectivity index (χ0n) is 14.4. The van der Waals surface area contributed by atoms with Gasteiger partial charge in [-0.25, -0.2) is 0 Å². The molecule has 1 N–H and O–H groups in total. The molecule has 0 spiro atoms. The van der Waals surface area contributed by atoms with Crippen molar-refractivity contribution in [2.45, 2.75) is 32.9 Å². The Balaban J connectivity index is 1.85. The first-order valence-electron chi connectivity index (χ1n) is 8.03. The number of aryl methyl sites for hydroxylation is 2. The first-order valence-corrected chi connectivity index (χ1v) is 8.41. The molecule has 26 heavy (non-hydrogen) atoms. The lowest BCUT2D eigenvalue weighted by atomic mass is 10.1. The third-order valence-corrected chi connectivity index (χ3v) is 4.03. The topological polar surface area (TPSA) is 38.3 Å². The van der Waals surface area contributed by atoms with E-state index in [9.17, 15) is 18.0 Å². The average Bonchev–Trinajstić information content (AvgIpc) is 2.55. The van der Waals surface area contributed by atoms with E-state index in [4.69, 9.17) is 16.3 Å². The number of alkyl halides is 3.